The van der Waals surface area contributed by atoms with E-state index in [1.54, 1.807) is 0 Å². The summed E-state index contributed by atoms with van der Waals surface area (Å²) >= 11 is 0. The zero-order valence-electron chi connectivity index (χ0n) is 14.6. The Morgan fingerprint density at radius 2 is 1.69 bits per heavy atom. The number of anilines is 1. The van der Waals surface area contributed by atoms with Crippen molar-refractivity contribution in [1.29, 1.82) is 0 Å². The van der Waals surface area contributed by atoms with Crippen molar-refractivity contribution in [2.45, 2.75) is 24.0 Å². The van der Waals surface area contributed by atoms with Crippen LogP contribution in [0.1, 0.15) is 24.1 Å². The van der Waals surface area contributed by atoms with Crippen molar-refractivity contribution in [2.75, 3.05) is 4.31 Å². The Bertz CT molecular complexity index is 1200. The Morgan fingerprint density at radius 3 is 2.31 bits per heavy atom. The summed E-state index contributed by atoms with van der Waals surface area (Å²) in [5.41, 5.74) is -0.323. The number of benzene rings is 2. The van der Waals surface area contributed by atoms with E-state index < -0.39 is 44.3 Å². The van der Waals surface area contributed by atoms with Crippen molar-refractivity contribution >= 4 is 15.7 Å². The van der Waals surface area contributed by atoms with E-state index in [4.69, 9.17) is 0 Å². The number of nitrogens with zero attached hydrogens (tertiary/aromatic N) is 2. The van der Waals surface area contributed by atoms with Crippen molar-refractivity contribution in [3.8, 4) is 11.3 Å². The minimum absolute atomic E-state index is 0.0741. The van der Waals surface area contributed by atoms with E-state index in [2.05, 4.69) is 10.2 Å². The molecule has 1 aliphatic heterocycles. The summed E-state index contributed by atoms with van der Waals surface area (Å²) in [4.78, 5) is -0.417. The number of sulfonamides is 1. The second-order valence-corrected chi connectivity index (χ2v) is 8.30. The van der Waals surface area contributed by atoms with Crippen LogP contribution in [0.5, 0.6) is 0 Å². The van der Waals surface area contributed by atoms with Crippen molar-refractivity contribution in [2.24, 2.45) is 0 Å². The van der Waals surface area contributed by atoms with Gasteiger partial charge in [-0.15, -0.1) is 0 Å². The maximum absolute atomic E-state index is 13.9. The Balaban J connectivity index is 1.89. The first-order chi connectivity index (χ1) is 13.5. The molecule has 1 unspecified atom stereocenters. The van der Waals surface area contributed by atoms with Crippen molar-refractivity contribution in [3.63, 3.8) is 0 Å². The molecule has 0 amide bonds. The summed E-state index contributed by atoms with van der Waals surface area (Å²) in [7, 11) is -4.40. The largest absolute Gasteiger partial charge is 0.416 e. The molecule has 0 radical (unpaired) electrons. The fourth-order valence-corrected chi connectivity index (χ4v) is 5.00. The lowest BCUT2D eigenvalue weighted by Gasteiger charge is -2.35. The van der Waals surface area contributed by atoms with Crippen LogP contribution in [-0.2, 0) is 16.2 Å². The number of halogens is 5. The van der Waals surface area contributed by atoms with Crippen LogP contribution in [0.2, 0.25) is 0 Å². The molecule has 0 saturated carbocycles. The van der Waals surface area contributed by atoms with Gasteiger partial charge in [0.05, 0.1) is 34.1 Å². The first-order valence-electron chi connectivity index (χ1n) is 8.26. The molecular weight excluding hydrogens is 417 g/mol. The molecule has 0 spiro atoms. The monoisotopic (exact) mass is 429 g/mol. The summed E-state index contributed by atoms with van der Waals surface area (Å²) in [6, 6.07) is 3.68. The van der Waals surface area contributed by atoms with E-state index in [1.165, 1.54) is 13.1 Å². The Hall–Kier alpha value is -2.95. The van der Waals surface area contributed by atoms with Gasteiger partial charge in [0.25, 0.3) is 10.0 Å². The molecule has 11 heteroatoms. The van der Waals surface area contributed by atoms with E-state index in [-0.39, 0.29) is 11.3 Å². The van der Waals surface area contributed by atoms with Crippen LogP contribution in [0.15, 0.2) is 47.5 Å². The average Bonchev–Trinajstić information content (AvgIpc) is 3.13. The summed E-state index contributed by atoms with van der Waals surface area (Å²) in [6.45, 7) is 1.51. The lowest BCUT2D eigenvalue weighted by atomic mass is 9.97. The van der Waals surface area contributed by atoms with Crippen LogP contribution >= 0.6 is 0 Å². The highest BCUT2D eigenvalue weighted by molar-refractivity contribution is 7.92. The third-order valence-electron chi connectivity index (χ3n) is 4.75. The molecule has 2 aromatic carbocycles. The predicted molar refractivity (Wildman–Crippen MR) is 93.5 cm³/mol. The summed E-state index contributed by atoms with van der Waals surface area (Å²) in [5.74, 6) is -2.43. The molecule has 1 aliphatic rings. The fourth-order valence-electron chi connectivity index (χ4n) is 3.35. The number of aromatic nitrogens is 2. The number of rotatable bonds is 2. The van der Waals surface area contributed by atoms with Crippen LogP contribution in [0, 0.1) is 11.6 Å². The molecule has 1 aromatic heterocycles. The van der Waals surface area contributed by atoms with Gasteiger partial charge in [0.2, 0.25) is 0 Å². The van der Waals surface area contributed by atoms with E-state index in [1.807, 2.05) is 0 Å². The topological polar surface area (TPSA) is 66.1 Å². The average molecular weight is 429 g/mol. The number of aromatic amines is 1. The highest BCUT2D eigenvalue weighted by Gasteiger charge is 2.39. The number of hydrogen-bond acceptors (Lipinski definition) is 3. The first kappa shape index (κ1) is 19.4. The summed E-state index contributed by atoms with van der Waals surface area (Å²) in [5, 5.41) is 6.49. The molecule has 1 atom stereocenters. The third kappa shape index (κ3) is 2.96. The minimum Gasteiger partial charge on any atom is -0.277 e. The van der Waals surface area contributed by atoms with Crippen LogP contribution in [0.4, 0.5) is 27.6 Å². The molecule has 0 aliphatic carbocycles. The fraction of sp³-hybridized carbons (Fsp3) is 0.167. The molecule has 5 nitrogen and oxygen atoms in total. The Kier molecular flexibility index (Phi) is 4.19. The highest BCUT2D eigenvalue weighted by Crippen LogP contribution is 2.47. The van der Waals surface area contributed by atoms with Gasteiger partial charge in [-0.2, -0.15) is 18.3 Å². The van der Waals surface area contributed by atoms with Gasteiger partial charge in [0.1, 0.15) is 0 Å². The molecule has 2 heterocycles. The standard InChI is InChI=1S/C18H12F5N3O2S/c1-9-13-8-24-25-17(13)12-6-14(19)15(20)7-16(12)26(9)29(27,28)11-4-2-10(3-5-11)18(21,22)23/h2-9H,1H3,(H,24,25). The molecule has 1 N–H and O–H groups in total. The molecule has 29 heavy (non-hydrogen) atoms. The second-order valence-electron chi connectivity index (χ2n) is 6.48. The van der Waals surface area contributed by atoms with Gasteiger partial charge >= 0.3 is 6.18 Å². The SMILES string of the molecule is CC1c2cn[nH]c2-c2cc(F)c(F)cc2N1S(=O)(=O)c1ccc(C(F)(F)F)cc1. The quantitative estimate of drug-likeness (QED) is 0.604. The van der Waals surface area contributed by atoms with Gasteiger partial charge in [-0.25, -0.2) is 17.2 Å². The van der Waals surface area contributed by atoms with Gasteiger partial charge in [-0.05, 0) is 37.3 Å². The Morgan fingerprint density at radius 1 is 1.07 bits per heavy atom. The molecule has 0 saturated heterocycles. The minimum atomic E-state index is -4.63. The van der Waals surface area contributed by atoms with E-state index in [0.717, 1.165) is 28.6 Å². The molecule has 0 fully saturated rings. The van der Waals surface area contributed by atoms with Crippen molar-refractivity contribution < 1.29 is 30.4 Å². The van der Waals surface area contributed by atoms with Gasteiger partial charge in [-0.1, -0.05) is 0 Å². The molecule has 152 valence electrons. The van der Waals surface area contributed by atoms with Gasteiger partial charge < -0.3 is 0 Å². The molecule has 4 rings (SSSR count). The van der Waals surface area contributed by atoms with Crippen molar-refractivity contribution in [1.82, 2.24) is 10.2 Å². The van der Waals surface area contributed by atoms with Crippen LogP contribution in [0.25, 0.3) is 11.3 Å². The normalized spacial score (nSPS) is 16.5. The maximum Gasteiger partial charge on any atom is 0.416 e. The van der Waals surface area contributed by atoms with E-state index in [9.17, 15) is 30.4 Å². The van der Waals surface area contributed by atoms with Crippen LogP contribution in [-0.4, -0.2) is 18.6 Å². The molecular formula is C18H12F5N3O2S. The first-order valence-corrected chi connectivity index (χ1v) is 9.70. The van der Waals surface area contributed by atoms with Crippen molar-refractivity contribution in [3.05, 3.63) is 65.4 Å². The number of H-pyrrole nitrogens is 1. The molecule has 0 bridgehead atoms. The number of hydrogen-bond donors (Lipinski definition) is 1. The lowest BCUT2D eigenvalue weighted by molar-refractivity contribution is -0.137. The maximum atomic E-state index is 13.9. The Labute approximate surface area is 161 Å². The smallest absolute Gasteiger partial charge is 0.277 e. The third-order valence-corrected chi connectivity index (χ3v) is 6.65. The number of alkyl halides is 3. The number of nitrogens with one attached hydrogen (secondary N) is 1. The summed E-state index contributed by atoms with van der Waals surface area (Å²) < 4.78 is 93.5. The zero-order chi connectivity index (χ0) is 21.1. The molecule has 3 aromatic rings. The van der Waals surface area contributed by atoms with Crippen LogP contribution in [0.3, 0.4) is 0 Å². The van der Waals surface area contributed by atoms with Gasteiger partial charge in [0.15, 0.2) is 11.6 Å². The van der Waals surface area contributed by atoms with E-state index >= 15 is 0 Å². The second kappa shape index (κ2) is 6.28. The van der Waals surface area contributed by atoms with E-state index in [0.29, 0.717) is 23.4 Å². The van der Waals surface area contributed by atoms with Gasteiger partial charge in [-0.3, -0.25) is 9.40 Å². The zero-order valence-corrected chi connectivity index (χ0v) is 15.4. The number of fused-ring (bicyclic) bond motifs is 3. The predicted octanol–water partition coefficient (Wildman–Crippen LogP) is 4.64. The highest BCUT2D eigenvalue weighted by atomic mass is 32.2. The summed E-state index contributed by atoms with van der Waals surface area (Å²) in [6.07, 6.45) is -3.26. The van der Waals surface area contributed by atoms with Gasteiger partial charge in [0, 0.05) is 17.2 Å². The lowest BCUT2D eigenvalue weighted by Crippen LogP contribution is -2.36. The van der Waals surface area contributed by atoms with Crippen LogP contribution < -0.4 is 4.31 Å².